The number of hydrogen-bond acceptors (Lipinski definition) is 9. The molecule has 0 spiro atoms. The molecule has 10 nitrogen and oxygen atoms in total. The van der Waals surface area contributed by atoms with Crippen LogP contribution < -0.4 is 24.3 Å². The van der Waals surface area contributed by atoms with Crippen LogP contribution in [0.15, 0.2) is 59.5 Å². The average Bonchev–Trinajstić information content (AvgIpc) is 3.23. The molecule has 2 aliphatic rings. The zero-order valence-corrected chi connectivity index (χ0v) is 23.2. The Morgan fingerprint density at radius 1 is 1.15 bits per heavy atom. The monoisotopic (exact) mass is 591 g/mol. The minimum atomic E-state index is -0.610. The van der Waals surface area contributed by atoms with Crippen molar-refractivity contribution < 1.29 is 33.3 Å². The van der Waals surface area contributed by atoms with Gasteiger partial charge in [0.05, 0.1) is 28.7 Å². The topological polar surface area (TPSA) is 127 Å². The number of ether oxygens (including phenoxy) is 4. The second kappa shape index (κ2) is 12.2. The summed E-state index contributed by atoms with van der Waals surface area (Å²) in [5.74, 6) is 0.487. The van der Waals surface area contributed by atoms with Crippen LogP contribution in [0.1, 0.15) is 16.7 Å². The summed E-state index contributed by atoms with van der Waals surface area (Å²) < 4.78 is 22.3. The van der Waals surface area contributed by atoms with Crippen molar-refractivity contribution in [2.75, 3.05) is 32.2 Å². The van der Waals surface area contributed by atoms with Crippen molar-refractivity contribution in [2.24, 2.45) is 0 Å². The largest absolute Gasteiger partial charge is 0.493 e. The summed E-state index contributed by atoms with van der Waals surface area (Å²) in [6.45, 7) is 0.474. The fourth-order valence-electron chi connectivity index (χ4n) is 4.12. The molecule has 0 aliphatic carbocycles. The third-order valence-electron chi connectivity index (χ3n) is 6.06. The Morgan fingerprint density at radius 2 is 1.93 bits per heavy atom. The highest BCUT2D eigenvalue weighted by Gasteiger charge is 2.36. The first-order valence-corrected chi connectivity index (χ1v) is 13.5. The molecule has 0 radical (unpaired) electrons. The molecule has 2 heterocycles. The highest BCUT2D eigenvalue weighted by Crippen LogP contribution is 2.39. The minimum Gasteiger partial charge on any atom is -0.493 e. The lowest BCUT2D eigenvalue weighted by Crippen LogP contribution is -2.36. The van der Waals surface area contributed by atoms with E-state index in [1.54, 1.807) is 54.6 Å². The minimum absolute atomic E-state index is 0.0897. The summed E-state index contributed by atoms with van der Waals surface area (Å²) in [6, 6.07) is 17.3. The molecule has 0 saturated carbocycles. The number of fused-ring (bicyclic) bond motifs is 1. The van der Waals surface area contributed by atoms with Gasteiger partial charge in [-0.2, -0.15) is 5.26 Å². The number of halogens is 1. The predicted molar refractivity (Wildman–Crippen MR) is 152 cm³/mol. The van der Waals surface area contributed by atoms with Crippen LogP contribution in [-0.2, 0) is 16.2 Å². The summed E-state index contributed by atoms with van der Waals surface area (Å²) in [4.78, 5) is 39.2. The first-order chi connectivity index (χ1) is 19.9. The lowest BCUT2D eigenvalue weighted by molar-refractivity contribution is -0.127. The van der Waals surface area contributed by atoms with Crippen molar-refractivity contribution in [1.29, 1.82) is 5.26 Å². The summed E-state index contributed by atoms with van der Waals surface area (Å²) in [7, 11) is 1.44. The number of carbonyl (C=O) groups excluding carboxylic acids is 3. The summed E-state index contributed by atoms with van der Waals surface area (Å²) >= 11 is 7.20. The van der Waals surface area contributed by atoms with Gasteiger partial charge in [-0.05, 0) is 53.7 Å². The molecule has 0 bridgehead atoms. The van der Waals surface area contributed by atoms with Gasteiger partial charge >= 0.3 is 0 Å². The first kappa shape index (κ1) is 27.9. The Bertz CT molecular complexity index is 1620. The summed E-state index contributed by atoms with van der Waals surface area (Å²) in [5, 5.41) is 11.6. The number of nitrogens with zero attached hydrogens (tertiary/aromatic N) is 2. The van der Waals surface area contributed by atoms with Gasteiger partial charge in [0.15, 0.2) is 23.0 Å². The molecule has 12 heteroatoms. The Labute approximate surface area is 244 Å². The molecule has 0 unspecified atom stereocenters. The van der Waals surface area contributed by atoms with Crippen molar-refractivity contribution in [3.8, 4) is 29.1 Å². The summed E-state index contributed by atoms with van der Waals surface area (Å²) in [6.07, 6.45) is 1.49. The van der Waals surface area contributed by atoms with Crippen LogP contribution in [0.5, 0.6) is 23.0 Å². The van der Waals surface area contributed by atoms with E-state index in [0.29, 0.717) is 64.6 Å². The smallest absolute Gasteiger partial charge is 0.294 e. The Kier molecular flexibility index (Phi) is 8.33. The highest BCUT2D eigenvalue weighted by molar-refractivity contribution is 8.18. The number of methoxy groups -OCH3 is 1. The van der Waals surface area contributed by atoms with Crippen LogP contribution in [0, 0.1) is 11.3 Å². The number of nitriles is 1. The number of imide groups is 1. The van der Waals surface area contributed by atoms with E-state index in [0.717, 1.165) is 4.90 Å². The fourth-order valence-corrected chi connectivity index (χ4v) is 5.23. The molecule has 41 heavy (non-hydrogen) atoms. The first-order valence-electron chi connectivity index (χ1n) is 12.3. The number of amides is 3. The van der Waals surface area contributed by atoms with Gasteiger partial charge in [0.25, 0.3) is 11.1 Å². The van der Waals surface area contributed by atoms with Crippen molar-refractivity contribution in [2.45, 2.75) is 6.61 Å². The van der Waals surface area contributed by atoms with Gasteiger partial charge in [0.1, 0.15) is 26.4 Å². The molecule has 1 N–H and O–H groups in total. The SMILES string of the molecule is COc1cc(/C=C2\SC(=O)N(CC(=O)Nc3ccc4c(c3)OCCO4)C2=O)cc(Cl)c1OCc1ccccc1C#N. The van der Waals surface area contributed by atoms with Crippen molar-refractivity contribution in [3.05, 3.63) is 81.2 Å². The average molecular weight is 592 g/mol. The van der Waals surface area contributed by atoms with E-state index in [9.17, 15) is 19.6 Å². The zero-order valence-electron chi connectivity index (χ0n) is 21.6. The lowest BCUT2D eigenvalue weighted by atomic mass is 10.1. The third kappa shape index (κ3) is 6.24. The molecule has 3 amide bonds. The van der Waals surface area contributed by atoms with Gasteiger partial charge in [-0.1, -0.05) is 29.8 Å². The van der Waals surface area contributed by atoms with Crippen LogP contribution in [0.25, 0.3) is 6.08 Å². The second-order valence-electron chi connectivity index (χ2n) is 8.77. The van der Waals surface area contributed by atoms with Crippen LogP contribution in [0.2, 0.25) is 5.02 Å². The number of benzene rings is 3. The predicted octanol–water partition coefficient (Wildman–Crippen LogP) is 5.25. The van der Waals surface area contributed by atoms with Gasteiger partial charge in [-0.15, -0.1) is 0 Å². The Balaban J connectivity index is 1.27. The van der Waals surface area contributed by atoms with Crippen molar-refractivity contribution in [1.82, 2.24) is 4.90 Å². The van der Waals surface area contributed by atoms with E-state index in [1.165, 1.54) is 13.2 Å². The number of nitrogens with one attached hydrogen (secondary N) is 1. The maximum atomic E-state index is 13.0. The van der Waals surface area contributed by atoms with Crippen molar-refractivity contribution in [3.63, 3.8) is 0 Å². The van der Waals surface area contributed by atoms with Crippen molar-refractivity contribution >= 4 is 52.2 Å². The molecule has 1 fully saturated rings. The van der Waals surface area contributed by atoms with E-state index in [-0.39, 0.29) is 22.3 Å². The number of hydrogen-bond donors (Lipinski definition) is 1. The van der Waals surface area contributed by atoms with Gasteiger partial charge in [-0.3, -0.25) is 19.3 Å². The summed E-state index contributed by atoms with van der Waals surface area (Å²) in [5.41, 5.74) is 2.10. The maximum absolute atomic E-state index is 13.0. The molecule has 5 rings (SSSR count). The molecule has 0 aromatic heterocycles. The third-order valence-corrected chi connectivity index (χ3v) is 7.25. The van der Waals surface area contributed by atoms with Gasteiger partial charge in [0, 0.05) is 17.3 Å². The zero-order chi connectivity index (χ0) is 28.9. The van der Waals surface area contributed by atoms with Gasteiger partial charge in [0.2, 0.25) is 5.91 Å². The highest BCUT2D eigenvalue weighted by atomic mass is 35.5. The Hall–Kier alpha value is -4.66. The quantitative estimate of drug-likeness (QED) is 0.350. The van der Waals surface area contributed by atoms with Gasteiger partial charge in [-0.25, -0.2) is 0 Å². The molecule has 208 valence electrons. The molecular formula is C29H22ClN3O7S. The van der Waals surface area contributed by atoms with Crippen LogP contribution in [0.3, 0.4) is 0 Å². The molecule has 2 aliphatic heterocycles. The maximum Gasteiger partial charge on any atom is 0.294 e. The number of anilines is 1. The Morgan fingerprint density at radius 3 is 2.71 bits per heavy atom. The van der Waals surface area contributed by atoms with Crippen LogP contribution in [0.4, 0.5) is 10.5 Å². The molecule has 3 aromatic rings. The van der Waals surface area contributed by atoms with E-state index in [4.69, 9.17) is 30.5 Å². The fraction of sp³-hybridized carbons (Fsp3) is 0.172. The number of thioether (sulfide) groups is 1. The molecule has 0 atom stereocenters. The number of carbonyl (C=O) groups is 3. The van der Waals surface area contributed by atoms with E-state index >= 15 is 0 Å². The van der Waals surface area contributed by atoms with E-state index in [2.05, 4.69) is 11.4 Å². The van der Waals surface area contributed by atoms with E-state index in [1.807, 2.05) is 0 Å². The normalized spacial score (nSPS) is 15.0. The molecule has 1 saturated heterocycles. The van der Waals surface area contributed by atoms with Crippen LogP contribution in [-0.4, -0.2) is 48.8 Å². The van der Waals surface area contributed by atoms with Crippen LogP contribution >= 0.6 is 23.4 Å². The standard InChI is InChI=1S/C29H22ClN3O7S/c1-37-24-11-17(10-21(30)27(24)40-16-19-5-3-2-4-18(19)14-31)12-25-28(35)33(29(36)41-25)15-26(34)32-20-6-7-22-23(13-20)39-9-8-38-22/h2-7,10-13H,8-9,15-16H2,1H3,(H,32,34)/b25-12-. The molecular weight excluding hydrogens is 570 g/mol. The lowest BCUT2D eigenvalue weighted by Gasteiger charge is -2.19. The second-order valence-corrected chi connectivity index (χ2v) is 10.2. The van der Waals surface area contributed by atoms with E-state index < -0.39 is 23.6 Å². The van der Waals surface area contributed by atoms with Gasteiger partial charge < -0.3 is 24.3 Å². The molecule has 3 aromatic carbocycles. The number of rotatable bonds is 8.